The third-order valence-electron chi connectivity index (χ3n) is 4.42. The number of hydrogen-bond donors (Lipinski definition) is 1. The zero-order valence-corrected chi connectivity index (χ0v) is 17.6. The Morgan fingerprint density at radius 2 is 1.84 bits per heavy atom. The van der Waals surface area contributed by atoms with E-state index in [0.717, 1.165) is 0 Å². The first kappa shape index (κ1) is 24.4. The van der Waals surface area contributed by atoms with E-state index in [0.29, 0.717) is 11.8 Å². The zero-order valence-electron chi connectivity index (χ0n) is 17.6. The predicted molar refractivity (Wildman–Crippen MR) is 110 cm³/mol. The van der Waals surface area contributed by atoms with Gasteiger partial charge < -0.3 is 10.1 Å². The first-order valence-corrected chi connectivity index (χ1v) is 9.73. The SMILES string of the molecule is CC=C(F)C(=CC(C)C)C(=O)Nc1ccc(OC2=C(C(F)(F)F)C=C(F)CC2C)cc1. The number of carbonyl (C=O) groups is 1. The molecule has 31 heavy (non-hydrogen) atoms. The van der Waals surface area contributed by atoms with Crippen molar-refractivity contribution in [1.29, 1.82) is 0 Å². The molecule has 3 nitrogen and oxygen atoms in total. The Kier molecular flexibility index (Phi) is 7.81. The maximum atomic E-state index is 14.0. The van der Waals surface area contributed by atoms with Gasteiger partial charge in [-0.05, 0) is 43.2 Å². The van der Waals surface area contributed by atoms with E-state index in [2.05, 4.69) is 5.32 Å². The molecule has 8 heteroatoms. The average molecular weight is 441 g/mol. The van der Waals surface area contributed by atoms with Gasteiger partial charge in [-0.3, -0.25) is 4.79 Å². The number of nitrogens with one attached hydrogen (secondary N) is 1. The Bertz CT molecular complexity index is 938. The van der Waals surface area contributed by atoms with Crippen LogP contribution in [0.25, 0.3) is 0 Å². The fourth-order valence-electron chi connectivity index (χ4n) is 3.00. The van der Waals surface area contributed by atoms with E-state index in [4.69, 9.17) is 4.74 Å². The molecule has 1 aromatic rings. The molecule has 1 atom stereocenters. The van der Waals surface area contributed by atoms with Gasteiger partial charge in [-0.15, -0.1) is 0 Å². The smallest absolute Gasteiger partial charge is 0.419 e. The lowest BCUT2D eigenvalue weighted by atomic mass is 9.94. The second kappa shape index (κ2) is 9.94. The van der Waals surface area contributed by atoms with Gasteiger partial charge in [0.25, 0.3) is 5.91 Å². The molecular weight excluding hydrogens is 417 g/mol. The van der Waals surface area contributed by atoms with Gasteiger partial charge in [-0.1, -0.05) is 32.9 Å². The lowest BCUT2D eigenvalue weighted by Crippen LogP contribution is -2.22. The van der Waals surface area contributed by atoms with E-state index in [9.17, 15) is 26.7 Å². The number of allylic oxidation sites excluding steroid dienone is 6. The van der Waals surface area contributed by atoms with Crippen LogP contribution in [0.3, 0.4) is 0 Å². The van der Waals surface area contributed by atoms with Gasteiger partial charge in [0.2, 0.25) is 0 Å². The molecule has 0 spiro atoms. The van der Waals surface area contributed by atoms with Crippen LogP contribution in [0, 0.1) is 11.8 Å². The molecule has 0 radical (unpaired) electrons. The second-order valence-corrected chi connectivity index (χ2v) is 7.51. The van der Waals surface area contributed by atoms with Crippen molar-refractivity contribution < 1.29 is 31.5 Å². The van der Waals surface area contributed by atoms with Crippen LogP contribution < -0.4 is 10.1 Å². The van der Waals surface area contributed by atoms with Crippen molar-refractivity contribution >= 4 is 11.6 Å². The fourth-order valence-corrected chi connectivity index (χ4v) is 3.00. The molecule has 0 aromatic heterocycles. The summed E-state index contributed by atoms with van der Waals surface area (Å²) in [7, 11) is 0. The van der Waals surface area contributed by atoms with Gasteiger partial charge in [0, 0.05) is 18.0 Å². The Balaban J connectivity index is 2.23. The molecule has 0 saturated carbocycles. The zero-order chi connectivity index (χ0) is 23.3. The number of rotatable bonds is 6. The van der Waals surface area contributed by atoms with Crippen molar-refractivity contribution in [2.45, 2.75) is 40.3 Å². The molecule has 1 unspecified atom stereocenters. The molecule has 1 N–H and O–H groups in total. The first-order chi connectivity index (χ1) is 14.4. The number of hydrogen-bond acceptors (Lipinski definition) is 2. The molecule has 0 fully saturated rings. The Morgan fingerprint density at radius 3 is 2.35 bits per heavy atom. The highest BCUT2D eigenvalue weighted by molar-refractivity contribution is 6.06. The Labute approximate surface area is 178 Å². The van der Waals surface area contributed by atoms with E-state index in [1.165, 1.54) is 50.3 Å². The Hall–Kier alpha value is -2.90. The van der Waals surface area contributed by atoms with Gasteiger partial charge in [0.15, 0.2) is 0 Å². The third kappa shape index (κ3) is 6.54. The highest BCUT2D eigenvalue weighted by atomic mass is 19.4. The van der Waals surface area contributed by atoms with Crippen LogP contribution >= 0.6 is 0 Å². The molecule has 0 heterocycles. The van der Waals surface area contributed by atoms with Gasteiger partial charge in [0.05, 0.1) is 11.1 Å². The number of carbonyl (C=O) groups excluding carboxylic acids is 1. The number of anilines is 1. The van der Waals surface area contributed by atoms with Crippen molar-refractivity contribution in [1.82, 2.24) is 0 Å². The van der Waals surface area contributed by atoms with E-state index >= 15 is 0 Å². The Morgan fingerprint density at radius 1 is 1.23 bits per heavy atom. The maximum absolute atomic E-state index is 14.0. The summed E-state index contributed by atoms with van der Waals surface area (Å²) in [6.45, 7) is 6.53. The summed E-state index contributed by atoms with van der Waals surface area (Å²) in [5.41, 5.74) is -0.961. The topological polar surface area (TPSA) is 38.3 Å². The summed E-state index contributed by atoms with van der Waals surface area (Å²) >= 11 is 0. The van der Waals surface area contributed by atoms with Gasteiger partial charge in [-0.2, -0.15) is 13.2 Å². The van der Waals surface area contributed by atoms with Crippen molar-refractivity contribution in [2.75, 3.05) is 5.32 Å². The largest absolute Gasteiger partial charge is 0.461 e. The van der Waals surface area contributed by atoms with Crippen LogP contribution in [-0.4, -0.2) is 12.1 Å². The maximum Gasteiger partial charge on any atom is 0.419 e. The number of amides is 1. The first-order valence-electron chi connectivity index (χ1n) is 9.73. The van der Waals surface area contributed by atoms with E-state index in [1.54, 1.807) is 13.8 Å². The summed E-state index contributed by atoms with van der Waals surface area (Å²) in [6.07, 6.45) is -1.83. The molecule has 1 aliphatic rings. The number of halogens is 5. The quantitative estimate of drug-likeness (QED) is 0.289. The van der Waals surface area contributed by atoms with Crippen molar-refractivity contribution in [2.24, 2.45) is 11.8 Å². The molecule has 2 rings (SSSR count). The molecule has 1 amide bonds. The molecule has 0 bridgehead atoms. The van der Waals surface area contributed by atoms with Crippen molar-refractivity contribution in [3.05, 3.63) is 71.1 Å². The van der Waals surface area contributed by atoms with E-state index in [-0.39, 0.29) is 29.4 Å². The van der Waals surface area contributed by atoms with Crippen LogP contribution in [0.2, 0.25) is 0 Å². The van der Waals surface area contributed by atoms with Crippen LogP contribution in [0.5, 0.6) is 5.75 Å². The number of benzene rings is 1. The molecule has 1 aliphatic carbocycles. The summed E-state index contributed by atoms with van der Waals surface area (Å²) in [5.74, 6) is -3.31. The van der Waals surface area contributed by atoms with Crippen molar-refractivity contribution in [3.63, 3.8) is 0 Å². The van der Waals surface area contributed by atoms with Gasteiger partial charge >= 0.3 is 6.18 Å². The van der Waals surface area contributed by atoms with Crippen LogP contribution in [0.4, 0.5) is 27.6 Å². The van der Waals surface area contributed by atoms with E-state index < -0.39 is 35.2 Å². The summed E-state index contributed by atoms with van der Waals surface area (Å²) in [4.78, 5) is 12.4. The summed E-state index contributed by atoms with van der Waals surface area (Å²) in [5, 5.41) is 2.55. The summed E-state index contributed by atoms with van der Waals surface area (Å²) < 4.78 is 72.8. The molecule has 1 aromatic carbocycles. The standard InChI is InChI=1S/C23H24F5NO2/c1-5-20(25)18(10-13(2)3)22(30)29-16-6-8-17(9-7-16)31-21-14(4)11-15(24)12-19(21)23(26,27)28/h5-10,12-14H,11H2,1-4H3,(H,29,30). The average Bonchev–Trinajstić information content (AvgIpc) is 2.67. The van der Waals surface area contributed by atoms with Gasteiger partial charge in [-0.25, -0.2) is 8.78 Å². The minimum Gasteiger partial charge on any atom is -0.461 e. The minimum absolute atomic E-state index is 0.0605. The molecule has 0 aliphatic heterocycles. The third-order valence-corrected chi connectivity index (χ3v) is 4.42. The summed E-state index contributed by atoms with van der Waals surface area (Å²) in [6, 6.07) is 5.59. The lowest BCUT2D eigenvalue weighted by molar-refractivity contribution is -0.112. The molecular formula is C23H24F5NO2. The molecule has 168 valence electrons. The monoisotopic (exact) mass is 441 g/mol. The van der Waals surface area contributed by atoms with Crippen LogP contribution in [0.1, 0.15) is 34.1 Å². The van der Waals surface area contributed by atoms with E-state index in [1.807, 2.05) is 0 Å². The van der Waals surface area contributed by atoms with Gasteiger partial charge in [0.1, 0.15) is 23.2 Å². The fraction of sp³-hybridized carbons (Fsp3) is 0.348. The number of alkyl halides is 3. The van der Waals surface area contributed by atoms with Crippen LogP contribution in [-0.2, 0) is 4.79 Å². The molecule has 0 saturated heterocycles. The second-order valence-electron chi connectivity index (χ2n) is 7.51. The van der Waals surface area contributed by atoms with Crippen molar-refractivity contribution in [3.8, 4) is 5.75 Å². The van der Waals surface area contributed by atoms with Crippen LogP contribution in [0.15, 0.2) is 71.1 Å². The lowest BCUT2D eigenvalue weighted by Gasteiger charge is -2.24. The normalized spacial score (nSPS) is 18.3. The number of ether oxygens (including phenoxy) is 1. The predicted octanol–water partition coefficient (Wildman–Crippen LogP) is 7.17. The minimum atomic E-state index is -4.76. The highest BCUT2D eigenvalue weighted by Gasteiger charge is 2.40. The highest BCUT2D eigenvalue weighted by Crippen LogP contribution is 2.39.